The van der Waals surface area contributed by atoms with Crippen LogP contribution < -0.4 is 10.1 Å². The smallest absolute Gasteiger partial charge is 0.262 e. The summed E-state index contributed by atoms with van der Waals surface area (Å²) in [5, 5.41) is 4.78. The molecule has 4 rings (SSSR count). The number of aromatic nitrogens is 2. The third-order valence-electron chi connectivity index (χ3n) is 4.70. The van der Waals surface area contributed by atoms with E-state index in [9.17, 15) is 13.2 Å². The minimum atomic E-state index is -3.99. The second-order valence-corrected chi connectivity index (χ2v) is 8.99. The largest absolute Gasteiger partial charge is 0.484 e. The van der Waals surface area contributed by atoms with Gasteiger partial charge in [-0.1, -0.05) is 36.4 Å². The van der Waals surface area contributed by atoms with Crippen molar-refractivity contribution < 1.29 is 17.9 Å². The van der Waals surface area contributed by atoms with Gasteiger partial charge in [0, 0.05) is 11.6 Å². The fourth-order valence-electron chi connectivity index (χ4n) is 3.22. The maximum atomic E-state index is 12.6. The molecule has 0 aliphatic carbocycles. The van der Waals surface area contributed by atoms with Gasteiger partial charge in [-0.25, -0.2) is 8.42 Å². The number of ether oxygens (including phenoxy) is 1. The van der Waals surface area contributed by atoms with E-state index < -0.39 is 10.0 Å². The number of nitrogens with one attached hydrogen (secondary N) is 1. The van der Waals surface area contributed by atoms with Crippen molar-refractivity contribution in [2.75, 3.05) is 11.9 Å². The van der Waals surface area contributed by atoms with Crippen molar-refractivity contribution in [2.24, 2.45) is 0 Å². The van der Waals surface area contributed by atoms with E-state index in [1.165, 1.54) is 24.3 Å². The molecule has 0 bridgehead atoms. The maximum absolute atomic E-state index is 12.6. The van der Waals surface area contributed by atoms with Crippen LogP contribution in [-0.4, -0.2) is 30.9 Å². The van der Waals surface area contributed by atoms with Crippen LogP contribution in [0.4, 0.5) is 11.6 Å². The molecule has 168 valence electrons. The van der Waals surface area contributed by atoms with Gasteiger partial charge in [-0.3, -0.25) is 9.52 Å². The summed E-state index contributed by atoms with van der Waals surface area (Å²) < 4.78 is 34.4. The Morgan fingerprint density at radius 3 is 2.27 bits per heavy atom. The Kier molecular flexibility index (Phi) is 6.23. The molecule has 0 atom stereocenters. The zero-order valence-corrected chi connectivity index (χ0v) is 18.8. The molecule has 0 unspecified atom stereocenters. The van der Waals surface area contributed by atoms with E-state index in [2.05, 4.69) is 20.0 Å². The molecule has 0 saturated carbocycles. The number of sulfonamides is 1. The van der Waals surface area contributed by atoms with Crippen LogP contribution in [0.5, 0.6) is 5.75 Å². The number of amides is 1. The van der Waals surface area contributed by atoms with Crippen molar-refractivity contribution in [1.29, 1.82) is 0 Å². The number of rotatable bonds is 7. The highest BCUT2D eigenvalue weighted by Crippen LogP contribution is 2.26. The molecule has 8 nitrogen and oxygen atoms in total. The fourth-order valence-corrected chi connectivity index (χ4v) is 4.10. The second-order valence-electron chi connectivity index (χ2n) is 7.39. The summed E-state index contributed by atoms with van der Waals surface area (Å²) in [6, 6.07) is 20.9. The lowest BCUT2D eigenvalue weighted by atomic mass is 10.1. The molecule has 0 saturated heterocycles. The van der Waals surface area contributed by atoms with Crippen molar-refractivity contribution in [3.8, 4) is 5.75 Å². The summed E-state index contributed by atoms with van der Waals surface area (Å²) in [6.45, 7) is 3.29. The van der Waals surface area contributed by atoms with Gasteiger partial charge in [-0.05, 0) is 72.4 Å². The number of benzene rings is 3. The quantitative estimate of drug-likeness (QED) is 0.428. The van der Waals surface area contributed by atoms with Crippen molar-refractivity contribution in [2.45, 2.75) is 18.7 Å². The number of anilines is 1. The number of fused-ring (bicyclic) bond motifs is 1. The molecule has 0 aliphatic heterocycles. The van der Waals surface area contributed by atoms with Crippen LogP contribution in [0, 0.1) is 13.8 Å². The Hall–Kier alpha value is -3.98. The zero-order chi connectivity index (χ0) is 23.4. The molecule has 0 spiro atoms. The first-order valence-electron chi connectivity index (χ1n) is 10.1. The topological polar surface area (TPSA) is 112 Å². The number of hydrogen-bond donors (Lipinski definition) is 1. The average Bonchev–Trinajstić information content (AvgIpc) is 2.77. The third-order valence-corrected chi connectivity index (χ3v) is 5.97. The molecule has 3 aromatic carbocycles. The summed E-state index contributed by atoms with van der Waals surface area (Å²) in [5.74, 6) is 0.100. The fraction of sp³-hybridized carbons (Fsp3) is 0.125. The summed E-state index contributed by atoms with van der Waals surface area (Å²) in [5.41, 5.74) is 1.68. The first kappa shape index (κ1) is 22.2. The van der Waals surface area contributed by atoms with Crippen molar-refractivity contribution in [3.63, 3.8) is 0 Å². The van der Waals surface area contributed by atoms with E-state index >= 15 is 0 Å². The minimum absolute atomic E-state index is 0.0318. The lowest BCUT2D eigenvalue weighted by molar-refractivity contribution is -0.118. The maximum Gasteiger partial charge on any atom is 0.262 e. The van der Waals surface area contributed by atoms with E-state index in [0.717, 1.165) is 10.8 Å². The standard InChI is InChI=1S/C24H22N4O4S/c1-16-13-17(2)26-24(25-16)28-33(30,31)22-11-8-20(9-12-22)27-23(29)15-32-21-10-7-18-5-3-4-6-19(18)14-21/h3-14H,15H2,1-2H3,(H2,25,26,27,28,29)/p-1. The Morgan fingerprint density at radius 1 is 0.909 bits per heavy atom. The average molecular weight is 462 g/mol. The Bertz CT molecular complexity index is 1400. The lowest BCUT2D eigenvalue weighted by Gasteiger charge is -2.15. The third kappa shape index (κ3) is 5.64. The molecule has 9 heteroatoms. The number of carbonyl (C=O) groups excluding carboxylic acids is 1. The lowest BCUT2D eigenvalue weighted by Crippen LogP contribution is -2.20. The van der Waals surface area contributed by atoms with Crippen LogP contribution in [0.1, 0.15) is 11.4 Å². The van der Waals surface area contributed by atoms with Crippen LogP contribution in [0.25, 0.3) is 15.5 Å². The number of aryl methyl sites for hydroxylation is 2. The number of carbonyl (C=O) groups is 1. The van der Waals surface area contributed by atoms with E-state index in [4.69, 9.17) is 4.74 Å². The molecule has 0 fully saturated rings. The van der Waals surface area contributed by atoms with Gasteiger partial charge in [-0.2, -0.15) is 0 Å². The number of hydrogen-bond acceptors (Lipinski definition) is 6. The minimum Gasteiger partial charge on any atom is -0.484 e. The summed E-state index contributed by atoms with van der Waals surface area (Å²) in [6.07, 6.45) is 0. The van der Waals surface area contributed by atoms with E-state index in [-0.39, 0.29) is 23.4 Å². The molecule has 4 aromatic rings. The SMILES string of the molecule is Cc1cc(C)nc([N-]S(=O)(=O)c2ccc(NC(=O)COc3ccc4ccccc4c3)cc2)n1. The van der Waals surface area contributed by atoms with Gasteiger partial charge in [0.15, 0.2) is 6.61 Å². The Labute approximate surface area is 191 Å². The normalized spacial score (nSPS) is 11.2. The molecule has 1 aromatic heterocycles. The van der Waals surface area contributed by atoms with Crippen molar-refractivity contribution >= 4 is 38.3 Å². The van der Waals surface area contributed by atoms with Crippen LogP contribution in [0.3, 0.4) is 0 Å². The molecule has 1 N–H and O–H groups in total. The monoisotopic (exact) mass is 461 g/mol. The predicted molar refractivity (Wildman–Crippen MR) is 126 cm³/mol. The summed E-state index contributed by atoms with van der Waals surface area (Å²) in [7, 11) is -3.99. The molecule has 1 heterocycles. The highest BCUT2D eigenvalue weighted by Gasteiger charge is 2.13. The van der Waals surface area contributed by atoms with Crippen LogP contribution in [0.2, 0.25) is 0 Å². The molecular weight excluding hydrogens is 440 g/mol. The van der Waals surface area contributed by atoms with Gasteiger partial charge in [0.1, 0.15) is 5.75 Å². The molecule has 33 heavy (non-hydrogen) atoms. The van der Waals surface area contributed by atoms with Crippen LogP contribution in [-0.2, 0) is 14.8 Å². The highest BCUT2D eigenvalue weighted by molar-refractivity contribution is 7.94. The Balaban J connectivity index is 1.36. The predicted octanol–water partition coefficient (Wildman–Crippen LogP) is 4.66. The highest BCUT2D eigenvalue weighted by atomic mass is 32.2. The van der Waals surface area contributed by atoms with E-state index in [1.807, 2.05) is 36.4 Å². The second kappa shape index (κ2) is 9.25. The van der Waals surface area contributed by atoms with E-state index in [1.54, 1.807) is 26.0 Å². The van der Waals surface area contributed by atoms with Gasteiger partial charge in [-0.15, -0.1) is 0 Å². The summed E-state index contributed by atoms with van der Waals surface area (Å²) in [4.78, 5) is 20.3. The van der Waals surface area contributed by atoms with Gasteiger partial charge >= 0.3 is 0 Å². The first-order valence-corrected chi connectivity index (χ1v) is 11.5. The van der Waals surface area contributed by atoms with Gasteiger partial charge in [0.05, 0.1) is 4.90 Å². The van der Waals surface area contributed by atoms with Crippen LogP contribution in [0.15, 0.2) is 77.7 Å². The molecular formula is C24H21N4O4S-. The van der Waals surface area contributed by atoms with Gasteiger partial charge < -0.3 is 20.0 Å². The van der Waals surface area contributed by atoms with Crippen LogP contribution >= 0.6 is 0 Å². The molecule has 1 amide bonds. The molecule has 0 radical (unpaired) electrons. The summed E-state index contributed by atoms with van der Waals surface area (Å²) >= 11 is 0. The molecule has 0 aliphatic rings. The Morgan fingerprint density at radius 2 is 1.58 bits per heavy atom. The van der Waals surface area contributed by atoms with E-state index in [0.29, 0.717) is 22.8 Å². The number of nitrogens with zero attached hydrogens (tertiary/aromatic N) is 3. The zero-order valence-electron chi connectivity index (χ0n) is 18.0. The first-order chi connectivity index (χ1) is 15.8. The van der Waals surface area contributed by atoms with Crippen molar-refractivity contribution in [1.82, 2.24) is 9.97 Å². The van der Waals surface area contributed by atoms with Crippen molar-refractivity contribution in [3.05, 3.63) is 88.9 Å². The van der Waals surface area contributed by atoms with Gasteiger partial charge in [0.25, 0.3) is 5.91 Å². The van der Waals surface area contributed by atoms with Gasteiger partial charge in [0.2, 0.25) is 10.0 Å².